The molecule has 0 aliphatic rings. The van der Waals surface area contributed by atoms with Gasteiger partial charge >= 0.3 is 0 Å². The highest BCUT2D eigenvalue weighted by molar-refractivity contribution is 14.1. The van der Waals surface area contributed by atoms with Gasteiger partial charge in [-0.25, -0.2) is 4.98 Å². The summed E-state index contributed by atoms with van der Waals surface area (Å²) in [5.74, 6) is 1.06. The Balaban J connectivity index is 2.17. The van der Waals surface area contributed by atoms with Crippen LogP contribution in [0.4, 0.5) is 0 Å². The van der Waals surface area contributed by atoms with Crippen molar-refractivity contribution in [2.75, 3.05) is 0 Å². The summed E-state index contributed by atoms with van der Waals surface area (Å²) in [7, 11) is 0. The van der Waals surface area contributed by atoms with Gasteiger partial charge in [0, 0.05) is 5.56 Å². The van der Waals surface area contributed by atoms with Crippen LogP contribution in [0.15, 0.2) is 42.5 Å². The van der Waals surface area contributed by atoms with Crippen LogP contribution in [0.1, 0.15) is 0 Å². The van der Waals surface area contributed by atoms with Crippen LogP contribution in [0.2, 0.25) is 0 Å². The van der Waals surface area contributed by atoms with E-state index in [0.717, 1.165) is 26.0 Å². The first-order valence-corrected chi connectivity index (χ1v) is 6.25. The van der Waals surface area contributed by atoms with E-state index in [4.69, 9.17) is 0 Å². The second-order valence-corrected chi connectivity index (χ2v) is 4.93. The number of hydrogen-bond donors (Lipinski definition) is 2. The van der Waals surface area contributed by atoms with Gasteiger partial charge in [-0.3, -0.25) is 0 Å². The molecular formula is C13H9IN2O. The molecule has 0 saturated heterocycles. The Kier molecular flexibility index (Phi) is 2.51. The molecule has 4 heteroatoms. The van der Waals surface area contributed by atoms with Crippen molar-refractivity contribution in [1.29, 1.82) is 0 Å². The molecule has 17 heavy (non-hydrogen) atoms. The van der Waals surface area contributed by atoms with Crippen LogP contribution in [0.5, 0.6) is 5.75 Å². The molecule has 84 valence electrons. The molecular weight excluding hydrogens is 327 g/mol. The van der Waals surface area contributed by atoms with Crippen LogP contribution in [-0.2, 0) is 0 Å². The first kappa shape index (κ1) is 10.6. The van der Waals surface area contributed by atoms with Crippen molar-refractivity contribution < 1.29 is 5.11 Å². The number of aromatic nitrogens is 2. The van der Waals surface area contributed by atoms with Crippen molar-refractivity contribution in [1.82, 2.24) is 9.97 Å². The second-order valence-electron chi connectivity index (χ2n) is 3.77. The number of phenols is 1. The van der Waals surface area contributed by atoms with E-state index in [9.17, 15) is 5.11 Å². The molecule has 3 rings (SSSR count). The van der Waals surface area contributed by atoms with E-state index in [0.29, 0.717) is 0 Å². The van der Waals surface area contributed by atoms with Crippen LogP contribution in [0.3, 0.4) is 0 Å². The quantitative estimate of drug-likeness (QED) is 0.668. The summed E-state index contributed by atoms with van der Waals surface area (Å²) in [6.07, 6.45) is 0. The van der Waals surface area contributed by atoms with Crippen molar-refractivity contribution in [2.24, 2.45) is 0 Å². The predicted molar refractivity (Wildman–Crippen MR) is 75.9 cm³/mol. The number of aromatic amines is 1. The van der Waals surface area contributed by atoms with Gasteiger partial charge in [0.15, 0.2) is 0 Å². The number of phenolic OH excluding ortho intramolecular Hbond substituents is 1. The smallest absolute Gasteiger partial charge is 0.138 e. The molecule has 0 fully saturated rings. The van der Waals surface area contributed by atoms with E-state index in [2.05, 4.69) is 32.6 Å². The van der Waals surface area contributed by atoms with Gasteiger partial charge in [-0.05, 0) is 52.9 Å². The maximum absolute atomic E-state index is 9.69. The minimum Gasteiger partial charge on any atom is -0.507 e. The Hall–Kier alpha value is -1.56. The number of benzene rings is 2. The lowest BCUT2D eigenvalue weighted by atomic mass is 10.2. The van der Waals surface area contributed by atoms with Crippen LogP contribution in [0.25, 0.3) is 22.4 Å². The molecule has 3 nitrogen and oxygen atoms in total. The van der Waals surface area contributed by atoms with E-state index in [1.165, 1.54) is 0 Å². The normalized spacial score (nSPS) is 10.9. The van der Waals surface area contributed by atoms with Gasteiger partial charge in [0.2, 0.25) is 0 Å². The number of fused-ring (bicyclic) bond motifs is 1. The van der Waals surface area contributed by atoms with Crippen molar-refractivity contribution in [3.05, 3.63) is 46.0 Å². The van der Waals surface area contributed by atoms with Crippen molar-refractivity contribution in [3.8, 4) is 17.1 Å². The second kappa shape index (κ2) is 4.03. The first-order chi connectivity index (χ1) is 8.24. The molecule has 0 atom stereocenters. The summed E-state index contributed by atoms with van der Waals surface area (Å²) in [5.41, 5.74) is 2.82. The van der Waals surface area contributed by atoms with Crippen molar-refractivity contribution in [2.45, 2.75) is 0 Å². The number of para-hydroxylation sites is 2. The van der Waals surface area contributed by atoms with Gasteiger partial charge in [0.25, 0.3) is 0 Å². The zero-order valence-corrected chi connectivity index (χ0v) is 11.0. The topological polar surface area (TPSA) is 48.9 Å². The number of nitrogens with one attached hydrogen (secondary N) is 1. The molecule has 0 aliphatic heterocycles. The van der Waals surface area contributed by atoms with Crippen LogP contribution >= 0.6 is 22.6 Å². The van der Waals surface area contributed by atoms with E-state index >= 15 is 0 Å². The molecule has 0 saturated carbocycles. The van der Waals surface area contributed by atoms with Crippen molar-refractivity contribution >= 4 is 33.6 Å². The Morgan fingerprint density at radius 3 is 2.71 bits per heavy atom. The van der Waals surface area contributed by atoms with Crippen LogP contribution < -0.4 is 0 Å². The molecule has 0 radical (unpaired) electrons. The summed E-state index contributed by atoms with van der Waals surface area (Å²) in [6.45, 7) is 0. The van der Waals surface area contributed by atoms with E-state index < -0.39 is 0 Å². The largest absolute Gasteiger partial charge is 0.507 e. The number of hydrogen-bond acceptors (Lipinski definition) is 2. The van der Waals surface area contributed by atoms with E-state index in [1.54, 1.807) is 6.07 Å². The summed E-state index contributed by atoms with van der Waals surface area (Å²) >= 11 is 2.09. The number of imidazole rings is 1. The molecule has 0 spiro atoms. The van der Waals surface area contributed by atoms with E-state index in [-0.39, 0.29) is 5.75 Å². The Morgan fingerprint density at radius 1 is 1.12 bits per heavy atom. The van der Waals surface area contributed by atoms with Gasteiger partial charge in [-0.1, -0.05) is 12.1 Å². The Labute approximate surface area is 112 Å². The van der Waals surface area contributed by atoms with E-state index in [1.807, 2.05) is 36.4 Å². The third-order valence-electron chi connectivity index (χ3n) is 2.61. The molecule has 0 aliphatic carbocycles. The van der Waals surface area contributed by atoms with Gasteiger partial charge in [0.1, 0.15) is 11.6 Å². The molecule has 2 aromatic carbocycles. The first-order valence-electron chi connectivity index (χ1n) is 5.18. The van der Waals surface area contributed by atoms with Gasteiger partial charge in [0.05, 0.1) is 14.6 Å². The summed E-state index contributed by atoms with van der Waals surface area (Å²) in [6, 6.07) is 13.4. The fourth-order valence-electron chi connectivity index (χ4n) is 1.75. The average molecular weight is 336 g/mol. The molecule has 0 unspecified atom stereocenters. The fraction of sp³-hybridized carbons (Fsp3) is 0. The summed E-state index contributed by atoms with van der Waals surface area (Å²) in [4.78, 5) is 7.72. The van der Waals surface area contributed by atoms with Gasteiger partial charge < -0.3 is 10.1 Å². The fourth-order valence-corrected chi connectivity index (χ4v) is 2.08. The third-order valence-corrected chi connectivity index (χ3v) is 3.52. The number of nitrogens with zero attached hydrogens (tertiary/aromatic N) is 1. The maximum atomic E-state index is 9.69. The molecule has 0 amide bonds. The zero-order chi connectivity index (χ0) is 11.8. The number of rotatable bonds is 1. The van der Waals surface area contributed by atoms with Gasteiger partial charge in [-0.15, -0.1) is 0 Å². The Bertz CT molecular complexity index is 658. The lowest BCUT2D eigenvalue weighted by Crippen LogP contribution is -1.81. The van der Waals surface area contributed by atoms with Crippen LogP contribution in [0, 0.1) is 3.57 Å². The molecule has 1 aromatic heterocycles. The Morgan fingerprint density at radius 2 is 1.94 bits per heavy atom. The number of halogens is 1. The summed E-state index contributed by atoms with van der Waals surface area (Å²) < 4.78 is 0.836. The lowest BCUT2D eigenvalue weighted by molar-refractivity contribution is 0.471. The molecule has 3 aromatic rings. The predicted octanol–water partition coefficient (Wildman–Crippen LogP) is 3.54. The highest BCUT2D eigenvalue weighted by atomic mass is 127. The molecule has 2 N–H and O–H groups in total. The SMILES string of the molecule is Oc1cc(-c2nc3ccccc3[nH]2)ccc1I. The maximum Gasteiger partial charge on any atom is 0.138 e. The molecule has 1 heterocycles. The number of aromatic hydroxyl groups is 1. The standard InChI is InChI=1S/C13H9IN2O/c14-9-6-5-8(7-12(9)17)13-15-10-3-1-2-4-11(10)16-13/h1-7,17H,(H,15,16). The third kappa shape index (κ3) is 1.88. The van der Waals surface area contributed by atoms with Crippen LogP contribution in [-0.4, -0.2) is 15.1 Å². The average Bonchev–Trinajstić information content (AvgIpc) is 2.76. The minimum absolute atomic E-state index is 0.281. The van der Waals surface area contributed by atoms with Crippen molar-refractivity contribution in [3.63, 3.8) is 0 Å². The highest BCUT2D eigenvalue weighted by Crippen LogP contribution is 2.27. The monoisotopic (exact) mass is 336 g/mol. The molecule has 0 bridgehead atoms. The minimum atomic E-state index is 0.281. The number of H-pyrrole nitrogens is 1. The highest BCUT2D eigenvalue weighted by Gasteiger charge is 2.06. The summed E-state index contributed by atoms with van der Waals surface area (Å²) in [5, 5.41) is 9.69. The van der Waals surface area contributed by atoms with Gasteiger partial charge in [-0.2, -0.15) is 0 Å². The zero-order valence-electron chi connectivity index (χ0n) is 8.81. The lowest BCUT2D eigenvalue weighted by Gasteiger charge is -1.99.